The molecule has 1 heterocycles. The molecule has 0 bridgehead atoms. The van der Waals surface area contributed by atoms with Crippen LogP contribution in [-0.4, -0.2) is 29.8 Å². The first-order valence-electron chi connectivity index (χ1n) is 5.03. The van der Waals surface area contributed by atoms with E-state index in [0.717, 1.165) is 0 Å². The van der Waals surface area contributed by atoms with Gasteiger partial charge in [-0.2, -0.15) is 0 Å². The SMILES string of the molecule is CC(C)(C)C1(C)O[C@H](C(N)=O)[C@@H](C(N)=O)O1. The molecule has 1 rings (SSSR count). The lowest BCUT2D eigenvalue weighted by Gasteiger charge is -2.36. The summed E-state index contributed by atoms with van der Waals surface area (Å²) >= 11 is 0. The van der Waals surface area contributed by atoms with Crippen LogP contribution in [0.5, 0.6) is 0 Å². The van der Waals surface area contributed by atoms with Gasteiger partial charge in [-0.05, 0) is 6.92 Å². The number of carbonyl (C=O) groups excluding carboxylic acids is 2. The molecule has 1 saturated heterocycles. The molecule has 0 spiro atoms. The number of hydrogen-bond acceptors (Lipinski definition) is 4. The summed E-state index contributed by atoms with van der Waals surface area (Å²) in [5.74, 6) is -2.57. The van der Waals surface area contributed by atoms with Gasteiger partial charge in [0.05, 0.1) is 0 Å². The van der Waals surface area contributed by atoms with E-state index in [4.69, 9.17) is 20.9 Å². The van der Waals surface area contributed by atoms with Crippen LogP contribution in [0.25, 0.3) is 0 Å². The zero-order chi connectivity index (χ0) is 12.7. The highest BCUT2D eigenvalue weighted by molar-refractivity contribution is 5.90. The largest absolute Gasteiger partial charge is 0.367 e. The fourth-order valence-corrected chi connectivity index (χ4v) is 1.40. The van der Waals surface area contributed by atoms with E-state index in [1.54, 1.807) is 6.92 Å². The van der Waals surface area contributed by atoms with Crippen molar-refractivity contribution < 1.29 is 19.1 Å². The molecule has 0 radical (unpaired) electrons. The third kappa shape index (κ3) is 2.03. The summed E-state index contributed by atoms with van der Waals surface area (Å²) < 4.78 is 10.9. The minimum atomic E-state index is -1.12. The van der Waals surface area contributed by atoms with Crippen LogP contribution in [0.1, 0.15) is 27.7 Å². The molecule has 0 unspecified atom stereocenters. The number of nitrogens with two attached hydrogens (primary N) is 2. The Balaban J connectivity index is 3.01. The number of carbonyl (C=O) groups is 2. The van der Waals surface area contributed by atoms with Crippen LogP contribution in [0, 0.1) is 5.41 Å². The maximum absolute atomic E-state index is 11.1. The van der Waals surface area contributed by atoms with Gasteiger partial charge in [0.1, 0.15) is 0 Å². The Bertz CT molecular complexity index is 299. The number of ether oxygens (including phenoxy) is 2. The third-order valence-corrected chi connectivity index (χ3v) is 2.90. The topological polar surface area (TPSA) is 105 Å². The summed E-state index contributed by atoms with van der Waals surface area (Å²) in [6.45, 7) is 7.27. The van der Waals surface area contributed by atoms with Gasteiger partial charge >= 0.3 is 0 Å². The van der Waals surface area contributed by atoms with E-state index in [1.165, 1.54) is 0 Å². The second kappa shape index (κ2) is 3.71. The Morgan fingerprint density at radius 3 is 1.56 bits per heavy atom. The highest BCUT2D eigenvalue weighted by Crippen LogP contribution is 2.41. The van der Waals surface area contributed by atoms with Crippen molar-refractivity contribution in [1.82, 2.24) is 0 Å². The summed E-state index contributed by atoms with van der Waals surface area (Å²) in [5.41, 5.74) is 9.87. The molecule has 92 valence electrons. The summed E-state index contributed by atoms with van der Waals surface area (Å²) in [5, 5.41) is 0. The van der Waals surface area contributed by atoms with E-state index in [2.05, 4.69) is 0 Å². The van der Waals surface area contributed by atoms with Crippen molar-refractivity contribution in [3.8, 4) is 0 Å². The lowest BCUT2D eigenvalue weighted by Crippen LogP contribution is -2.44. The molecule has 2 amide bonds. The summed E-state index contributed by atoms with van der Waals surface area (Å²) in [6, 6.07) is 0. The van der Waals surface area contributed by atoms with E-state index in [-0.39, 0.29) is 0 Å². The average molecular weight is 230 g/mol. The first-order chi connectivity index (χ1) is 7.08. The molecule has 1 aliphatic heterocycles. The van der Waals surface area contributed by atoms with Crippen LogP contribution in [0.3, 0.4) is 0 Å². The molecule has 16 heavy (non-hydrogen) atoms. The molecule has 0 aromatic heterocycles. The minimum absolute atomic E-state index is 0.412. The molecule has 0 aromatic rings. The predicted octanol–water partition coefficient (Wildman–Crippen LogP) is -0.497. The fourth-order valence-electron chi connectivity index (χ4n) is 1.40. The normalized spacial score (nSPS) is 29.0. The Kier molecular flexibility index (Phi) is 3.00. The molecule has 0 saturated carbocycles. The molecule has 0 aromatic carbocycles. The van der Waals surface area contributed by atoms with Crippen LogP contribution < -0.4 is 11.5 Å². The number of rotatable bonds is 2. The van der Waals surface area contributed by atoms with E-state index in [1.807, 2.05) is 20.8 Å². The van der Waals surface area contributed by atoms with Crippen LogP contribution in [0.4, 0.5) is 0 Å². The van der Waals surface area contributed by atoms with E-state index >= 15 is 0 Å². The Labute approximate surface area is 94.2 Å². The highest BCUT2D eigenvalue weighted by atomic mass is 16.8. The van der Waals surface area contributed by atoms with Gasteiger partial charge in [0, 0.05) is 5.41 Å². The molecule has 2 atom stereocenters. The Morgan fingerprint density at radius 1 is 1.06 bits per heavy atom. The van der Waals surface area contributed by atoms with Gasteiger partial charge < -0.3 is 20.9 Å². The molecular weight excluding hydrogens is 212 g/mol. The van der Waals surface area contributed by atoms with Crippen molar-refractivity contribution in [1.29, 1.82) is 0 Å². The lowest BCUT2D eigenvalue weighted by molar-refractivity contribution is -0.222. The van der Waals surface area contributed by atoms with Gasteiger partial charge in [-0.1, -0.05) is 20.8 Å². The lowest BCUT2D eigenvalue weighted by atomic mass is 9.87. The van der Waals surface area contributed by atoms with Crippen LogP contribution in [0.2, 0.25) is 0 Å². The zero-order valence-electron chi connectivity index (χ0n) is 9.94. The van der Waals surface area contributed by atoms with Gasteiger partial charge in [-0.3, -0.25) is 9.59 Å². The quantitative estimate of drug-likeness (QED) is 0.667. The van der Waals surface area contributed by atoms with Crippen molar-refractivity contribution in [2.45, 2.75) is 45.7 Å². The fraction of sp³-hybridized carbons (Fsp3) is 0.800. The highest BCUT2D eigenvalue weighted by Gasteiger charge is 2.55. The molecule has 6 nitrogen and oxygen atoms in total. The van der Waals surface area contributed by atoms with Gasteiger partial charge in [0.2, 0.25) is 11.8 Å². The maximum atomic E-state index is 11.1. The number of amides is 2. The molecular formula is C10H18N2O4. The van der Waals surface area contributed by atoms with E-state index < -0.39 is 35.2 Å². The van der Waals surface area contributed by atoms with Gasteiger partial charge in [-0.25, -0.2) is 0 Å². The first kappa shape index (κ1) is 12.9. The van der Waals surface area contributed by atoms with Crippen LogP contribution >= 0.6 is 0 Å². The third-order valence-electron chi connectivity index (χ3n) is 2.90. The maximum Gasteiger partial charge on any atom is 0.249 e. The molecule has 1 aliphatic rings. The minimum Gasteiger partial charge on any atom is -0.367 e. The smallest absolute Gasteiger partial charge is 0.249 e. The van der Waals surface area contributed by atoms with Gasteiger partial charge in [-0.15, -0.1) is 0 Å². The number of hydrogen-bond donors (Lipinski definition) is 2. The first-order valence-corrected chi connectivity index (χ1v) is 5.03. The average Bonchev–Trinajstić information content (AvgIpc) is 2.43. The van der Waals surface area contributed by atoms with Crippen LogP contribution in [-0.2, 0) is 19.1 Å². The zero-order valence-corrected chi connectivity index (χ0v) is 9.94. The molecule has 1 fully saturated rings. The van der Waals surface area contributed by atoms with Crippen LogP contribution in [0.15, 0.2) is 0 Å². The van der Waals surface area contributed by atoms with Crippen molar-refractivity contribution in [2.75, 3.05) is 0 Å². The van der Waals surface area contributed by atoms with Crippen molar-refractivity contribution in [3.05, 3.63) is 0 Å². The Morgan fingerprint density at radius 2 is 1.38 bits per heavy atom. The Hall–Kier alpha value is -1.14. The van der Waals surface area contributed by atoms with Crippen molar-refractivity contribution in [2.24, 2.45) is 16.9 Å². The second-order valence-electron chi connectivity index (χ2n) is 5.08. The predicted molar refractivity (Wildman–Crippen MR) is 56.0 cm³/mol. The van der Waals surface area contributed by atoms with Crippen molar-refractivity contribution >= 4 is 11.8 Å². The van der Waals surface area contributed by atoms with Gasteiger partial charge in [0.15, 0.2) is 18.0 Å². The van der Waals surface area contributed by atoms with Gasteiger partial charge in [0.25, 0.3) is 0 Å². The summed E-state index contributed by atoms with van der Waals surface area (Å²) in [6.07, 6.45) is -2.25. The number of primary amides is 2. The van der Waals surface area contributed by atoms with Crippen molar-refractivity contribution in [3.63, 3.8) is 0 Å². The van der Waals surface area contributed by atoms with E-state index in [9.17, 15) is 9.59 Å². The monoisotopic (exact) mass is 230 g/mol. The molecule has 4 N–H and O–H groups in total. The standard InChI is InChI=1S/C10H18N2O4/c1-9(2,3)10(4)15-5(7(11)13)6(16-10)8(12)14/h5-6H,1-4H3,(H2,11,13)(H2,12,14)/t5-,6-/m0/s1. The molecule has 6 heteroatoms. The summed E-state index contributed by atoms with van der Waals surface area (Å²) in [7, 11) is 0. The summed E-state index contributed by atoms with van der Waals surface area (Å²) in [4.78, 5) is 22.3. The molecule has 0 aliphatic carbocycles. The second-order valence-corrected chi connectivity index (χ2v) is 5.08. The van der Waals surface area contributed by atoms with E-state index in [0.29, 0.717) is 0 Å².